The van der Waals surface area contributed by atoms with E-state index in [9.17, 15) is 12.8 Å². The first-order valence-electron chi connectivity index (χ1n) is 6.19. The third-order valence-corrected chi connectivity index (χ3v) is 5.00. The maximum atomic E-state index is 13.2. The van der Waals surface area contributed by atoms with Gasteiger partial charge >= 0.3 is 0 Å². The summed E-state index contributed by atoms with van der Waals surface area (Å²) in [6.07, 6.45) is 0.259. The zero-order valence-electron chi connectivity index (χ0n) is 11.4. The Kier molecular flexibility index (Phi) is 4.17. The molecule has 0 amide bonds. The second-order valence-electron chi connectivity index (χ2n) is 4.90. The van der Waals surface area contributed by atoms with Crippen LogP contribution in [0, 0.1) is 5.82 Å². The van der Waals surface area contributed by atoms with Gasteiger partial charge in [0.1, 0.15) is 17.7 Å². The van der Waals surface area contributed by atoms with E-state index in [0.29, 0.717) is 18.7 Å². The summed E-state index contributed by atoms with van der Waals surface area (Å²) in [4.78, 5) is 0. The Morgan fingerprint density at radius 1 is 1.40 bits per heavy atom. The van der Waals surface area contributed by atoms with Crippen molar-refractivity contribution in [2.24, 2.45) is 0 Å². The molecule has 1 atom stereocenters. The van der Waals surface area contributed by atoms with Gasteiger partial charge in [-0.15, -0.1) is 0 Å². The smallest absolute Gasteiger partial charge is 0.281 e. The third-order valence-electron chi connectivity index (χ3n) is 3.09. The maximum absolute atomic E-state index is 13.2. The van der Waals surface area contributed by atoms with E-state index in [0.717, 1.165) is 4.31 Å². The van der Waals surface area contributed by atoms with E-state index in [2.05, 4.69) is 0 Å². The number of nitrogen functional groups attached to an aromatic ring is 1. The molecule has 8 heteroatoms. The molecule has 0 saturated carbocycles. The first kappa shape index (κ1) is 15.0. The van der Waals surface area contributed by atoms with Gasteiger partial charge in [0.05, 0.1) is 6.54 Å². The molecule has 1 heterocycles. The highest BCUT2D eigenvalue weighted by molar-refractivity contribution is 7.86. The molecule has 2 rings (SSSR count). The average molecular weight is 303 g/mol. The lowest BCUT2D eigenvalue weighted by molar-refractivity contribution is 0.214. The normalized spacial score (nSPS) is 20.5. The standard InChI is InChI=1S/C12H18FN3O3S/c1-15(2)20(17,18)16-4-3-11(8-16)19-12-6-9(13)5-10(14)7-12/h5-7,11H,3-4,8,14H2,1-2H3/t11-/m1/s1. The second-order valence-corrected chi connectivity index (χ2v) is 7.04. The maximum Gasteiger partial charge on any atom is 0.281 e. The SMILES string of the molecule is CN(C)S(=O)(=O)N1CC[C@@H](Oc2cc(N)cc(F)c2)C1. The van der Waals surface area contributed by atoms with Crippen molar-refractivity contribution < 1.29 is 17.5 Å². The molecule has 0 bridgehead atoms. The fourth-order valence-electron chi connectivity index (χ4n) is 2.08. The van der Waals surface area contributed by atoms with Crippen LogP contribution in [0.3, 0.4) is 0 Å². The van der Waals surface area contributed by atoms with E-state index in [1.165, 1.54) is 36.6 Å². The fraction of sp³-hybridized carbons (Fsp3) is 0.500. The molecule has 1 aliphatic rings. The van der Waals surface area contributed by atoms with Crippen LogP contribution in [0.1, 0.15) is 6.42 Å². The Morgan fingerprint density at radius 3 is 2.70 bits per heavy atom. The van der Waals surface area contributed by atoms with Crippen molar-refractivity contribution in [1.29, 1.82) is 0 Å². The van der Waals surface area contributed by atoms with Crippen LogP contribution in [-0.2, 0) is 10.2 Å². The predicted molar refractivity (Wildman–Crippen MR) is 74.0 cm³/mol. The molecule has 112 valence electrons. The summed E-state index contributed by atoms with van der Waals surface area (Å²) in [5.74, 6) is -0.160. The molecule has 6 nitrogen and oxygen atoms in total. The molecule has 0 spiro atoms. The summed E-state index contributed by atoms with van der Waals surface area (Å²) in [5.41, 5.74) is 5.81. The molecule has 0 aromatic heterocycles. The average Bonchev–Trinajstić information content (AvgIpc) is 2.76. The molecule has 1 fully saturated rings. The number of benzene rings is 1. The van der Waals surface area contributed by atoms with Crippen molar-refractivity contribution in [2.75, 3.05) is 32.9 Å². The van der Waals surface area contributed by atoms with Crippen LogP contribution >= 0.6 is 0 Å². The fourth-order valence-corrected chi connectivity index (χ4v) is 3.23. The molecular formula is C12H18FN3O3S. The number of anilines is 1. The van der Waals surface area contributed by atoms with Crippen LogP contribution in [0.25, 0.3) is 0 Å². The lowest BCUT2D eigenvalue weighted by atomic mass is 10.3. The van der Waals surface area contributed by atoms with Gasteiger partial charge in [0, 0.05) is 38.5 Å². The number of rotatable bonds is 4. The zero-order chi connectivity index (χ0) is 14.9. The van der Waals surface area contributed by atoms with E-state index in [-0.39, 0.29) is 18.3 Å². The highest BCUT2D eigenvalue weighted by Crippen LogP contribution is 2.23. The lowest BCUT2D eigenvalue weighted by Gasteiger charge is -2.21. The molecule has 1 aliphatic heterocycles. The van der Waals surface area contributed by atoms with Crippen molar-refractivity contribution in [3.63, 3.8) is 0 Å². The quantitative estimate of drug-likeness (QED) is 0.829. The minimum absolute atomic E-state index is 0.247. The summed E-state index contributed by atoms with van der Waals surface area (Å²) in [7, 11) is -0.464. The summed E-state index contributed by atoms with van der Waals surface area (Å²) in [5, 5.41) is 0. The van der Waals surface area contributed by atoms with Gasteiger partial charge in [-0.25, -0.2) is 4.39 Å². The van der Waals surface area contributed by atoms with Crippen LogP contribution in [0.15, 0.2) is 18.2 Å². The molecule has 1 aromatic rings. The van der Waals surface area contributed by atoms with Crippen LogP contribution in [-0.4, -0.2) is 50.3 Å². The number of hydrogen-bond donors (Lipinski definition) is 1. The minimum atomic E-state index is -3.43. The molecule has 2 N–H and O–H groups in total. The van der Waals surface area contributed by atoms with Gasteiger partial charge in [-0.3, -0.25) is 0 Å². The van der Waals surface area contributed by atoms with Gasteiger partial charge in [-0.05, 0) is 12.5 Å². The Bertz CT molecular complexity index is 571. The van der Waals surface area contributed by atoms with Crippen molar-refractivity contribution in [3.8, 4) is 5.75 Å². The lowest BCUT2D eigenvalue weighted by Crippen LogP contribution is -2.39. The summed E-state index contributed by atoms with van der Waals surface area (Å²) in [6.45, 7) is 0.632. The van der Waals surface area contributed by atoms with Gasteiger partial charge in [0.25, 0.3) is 10.2 Å². The van der Waals surface area contributed by atoms with Crippen LogP contribution in [0.5, 0.6) is 5.75 Å². The molecule has 0 radical (unpaired) electrons. The number of ether oxygens (including phenoxy) is 1. The predicted octanol–water partition coefficient (Wildman–Crippen LogP) is 0.667. The summed E-state index contributed by atoms with van der Waals surface area (Å²) < 4.78 is 45.2. The van der Waals surface area contributed by atoms with E-state index >= 15 is 0 Å². The topological polar surface area (TPSA) is 75.9 Å². The van der Waals surface area contributed by atoms with Gasteiger partial charge in [0.2, 0.25) is 0 Å². The summed E-state index contributed by atoms with van der Waals surface area (Å²) in [6, 6.07) is 3.95. The second kappa shape index (κ2) is 5.55. The highest BCUT2D eigenvalue weighted by atomic mass is 32.2. The van der Waals surface area contributed by atoms with Gasteiger partial charge < -0.3 is 10.5 Å². The molecular weight excluding hydrogens is 285 g/mol. The molecule has 0 aliphatic carbocycles. The number of halogens is 1. The molecule has 20 heavy (non-hydrogen) atoms. The van der Waals surface area contributed by atoms with E-state index < -0.39 is 16.0 Å². The monoisotopic (exact) mass is 303 g/mol. The first-order chi connectivity index (χ1) is 9.29. The van der Waals surface area contributed by atoms with E-state index in [1.54, 1.807) is 0 Å². The van der Waals surface area contributed by atoms with Crippen molar-refractivity contribution in [1.82, 2.24) is 8.61 Å². The largest absolute Gasteiger partial charge is 0.489 e. The molecule has 0 unspecified atom stereocenters. The summed E-state index contributed by atoms with van der Waals surface area (Å²) >= 11 is 0. The van der Waals surface area contributed by atoms with Crippen LogP contribution in [0.2, 0.25) is 0 Å². The van der Waals surface area contributed by atoms with Gasteiger partial charge in [-0.2, -0.15) is 17.0 Å². The number of hydrogen-bond acceptors (Lipinski definition) is 4. The van der Waals surface area contributed by atoms with Crippen molar-refractivity contribution >= 4 is 15.9 Å². The zero-order valence-corrected chi connectivity index (χ0v) is 12.2. The third kappa shape index (κ3) is 3.20. The van der Waals surface area contributed by atoms with Crippen LogP contribution in [0.4, 0.5) is 10.1 Å². The number of nitrogens with two attached hydrogens (primary N) is 1. The van der Waals surface area contributed by atoms with E-state index in [1.807, 2.05) is 0 Å². The Balaban J connectivity index is 2.04. The Hall–Kier alpha value is -1.38. The highest BCUT2D eigenvalue weighted by Gasteiger charge is 2.33. The van der Waals surface area contributed by atoms with Gasteiger partial charge in [-0.1, -0.05) is 0 Å². The number of nitrogens with zero attached hydrogens (tertiary/aromatic N) is 2. The minimum Gasteiger partial charge on any atom is -0.489 e. The van der Waals surface area contributed by atoms with E-state index in [4.69, 9.17) is 10.5 Å². The molecule has 1 aromatic carbocycles. The van der Waals surface area contributed by atoms with Crippen LogP contribution < -0.4 is 10.5 Å². The van der Waals surface area contributed by atoms with Crippen molar-refractivity contribution in [2.45, 2.75) is 12.5 Å². The first-order valence-corrected chi connectivity index (χ1v) is 7.59. The van der Waals surface area contributed by atoms with Crippen molar-refractivity contribution in [3.05, 3.63) is 24.0 Å². The van der Waals surface area contributed by atoms with Gasteiger partial charge in [0.15, 0.2) is 0 Å². The Labute approximate surface area is 118 Å². The molecule has 1 saturated heterocycles. The Morgan fingerprint density at radius 2 is 2.10 bits per heavy atom.